The molecule has 1 aromatic heterocycles. The first kappa shape index (κ1) is 20.0. The lowest BCUT2D eigenvalue weighted by Crippen LogP contribution is -2.32. The second-order valence-electron chi connectivity index (χ2n) is 7.27. The van der Waals surface area contributed by atoms with Crippen molar-refractivity contribution in [2.24, 2.45) is 0 Å². The molecule has 0 unspecified atom stereocenters. The third kappa shape index (κ3) is 7.77. The molecule has 5 heteroatoms. The van der Waals surface area contributed by atoms with Crippen molar-refractivity contribution in [1.29, 1.82) is 0 Å². The monoisotopic (exact) mass is 367 g/mol. The SMILES string of the molecule is c1cc(CN2CCCNCCNCCCNCc3ccc(cc3)C2)ccn1. The van der Waals surface area contributed by atoms with E-state index in [-0.39, 0.29) is 0 Å². The van der Waals surface area contributed by atoms with Crippen LogP contribution in [0.2, 0.25) is 0 Å². The Morgan fingerprint density at radius 1 is 0.741 bits per heavy atom. The highest BCUT2D eigenvalue weighted by molar-refractivity contribution is 5.22. The molecule has 0 amide bonds. The van der Waals surface area contributed by atoms with Gasteiger partial charge in [0.15, 0.2) is 0 Å². The topological polar surface area (TPSA) is 52.2 Å². The van der Waals surface area contributed by atoms with Crippen LogP contribution in [0, 0.1) is 0 Å². The molecule has 0 atom stereocenters. The summed E-state index contributed by atoms with van der Waals surface area (Å²) in [6, 6.07) is 13.3. The van der Waals surface area contributed by atoms with Crippen molar-refractivity contribution in [2.45, 2.75) is 32.5 Å². The van der Waals surface area contributed by atoms with Crippen LogP contribution in [0.3, 0.4) is 0 Å². The van der Waals surface area contributed by atoms with Gasteiger partial charge in [0.2, 0.25) is 0 Å². The van der Waals surface area contributed by atoms with Crippen molar-refractivity contribution in [3.8, 4) is 0 Å². The number of pyridine rings is 1. The van der Waals surface area contributed by atoms with Gasteiger partial charge in [-0.15, -0.1) is 0 Å². The van der Waals surface area contributed by atoms with E-state index in [4.69, 9.17) is 0 Å². The summed E-state index contributed by atoms with van der Waals surface area (Å²) >= 11 is 0. The number of aromatic nitrogens is 1. The fourth-order valence-corrected chi connectivity index (χ4v) is 3.41. The largest absolute Gasteiger partial charge is 0.315 e. The summed E-state index contributed by atoms with van der Waals surface area (Å²) in [6.07, 6.45) is 6.09. The first-order chi connectivity index (χ1) is 13.4. The van der Waals surface area contributed by atoms with E-state index in [0.717, 1.165) is 65.3 Å². The van der Waals surface area contributed by atoms with Crippen molar-refractivity contribution in [2.75, 3.05) is 39.3 Å². The van der Waals surface area contributed by atoms with Gasteiger partial charge in [-0.25, -0.2) is 0 Å². The average Bonchev–Trinajstić information content (AvgIpc) is 2.70. The molecule has 0 spiro atoms. The normalized spacial score (nSPS) is 18.7. The van der Waals surface area contributed by atoms with Gasteiger partial charge in [0, 0.05) is 51.7 Å². The quantitative estimate of drug-likeness (QED) is 0.759. The highest BCUT2D eigenvalue weighted by atomic mass is 15.1. The summed E-state index contributed by atoms with van der Waals surface area (Å²) in [7, 11) is 0. The summed E-state index contributed by atoms with van der Waals surface area (Å²) in [5, 5.41) is 10.6. The Kier molecular flexibility index (Phi) is 8.74. The number of hydrogen-bond acceptors (Lipinski definition) is 5. The standard InChI is InChI=1S/C22H33N5/c1-9-23-14-15-24-11-2-16-27(19-22-7-12-25-13-8-22)18-21-5-3-20(4-6-21)17-26-10-1/h3-8,12-13,23-24,26H,1-2,9-11,14-19H2. The Bertz CT molecular complexity index is 629. The molecule has 0 aliphatic carbocycles. The number of hydrogen-bond donors (Lipinski definition) is 3. The van der Waals surface area contributed by atoms with Gasteiger partial charge in [0.1, 0.15) is 0 Å². The zero-order valence-electron chi connectivity index (χ0n) is 16.3. The minimum atomic E-state index is 0.947. The van der Waals surface area contributed by atoms with Crippen molar-refractivity contribution in [3.63, 3.8) is 0 Å². The maximum absolute atomic E-state index is 4.14. The van der Waals surface area contributed by atoms with E-state index in [1.54, 1.807) is 0 Å². The van der Waals surface area contributed by atoms with Crippen LogP contribution >= 0.6 is 0 Å². The first-order valence-corrected chi connectivity index (χ1v) is 10.2. The fraction of sp³-hybridized carbons (Fsp3) is 0.500. The lowest BCUT2D eigenvalue weighted by Gasteiger charge is -2.23. The number of rotatable bonds is 2. The zero-order valence-corrected chi connectivity index (χ0v) is 16.3. The smallest absolute Gasteiger partial charge is 0.0271 e. The van der Waals surface area contributed by atoms with Crippen LogP contribution in [-0.2, 0) is 19.6 Å². The van der Waals surface area contributed by atoms with E-state index >= 15 is 0 Å². The summed E-state index contributed by atoms with van der Waals surface area (Å²) in [6.45, 7) is 9.27. The molecule has 2 aliphatic rings. The third-order valence-corrected chi connectivity index (χ3v) is 4.93. The van der Waals surface area contributed by atoms with Crippen LogP contribution < -0.4 is 16.0 Å². The van der Waals surface area contributed by atoms with E-state index in [1.165, 1.54) is 23.1 Å². The maximum atomic E-state index is 4.14. The van der Waals surface area contributed by atoms with Crippen LogP contribution in [0.25, 0.3) is 0 Å². The molecule has 2 aromatic rings. The number of nitrogens with one attached hydrogen (secondary N) is 3. The Morgan fingerprint density at radius 2 is 1.41 bits per heavy atom. The number of nitrogens with zero attached hydrogens (tertiary/aromatic N) is 2. The Balaban J connectivity index is 1.62. The lowest BCUT2D eigenvalue weighted by molar-refractivity contribution is 0.252. The molecule has 27 heavy (non-hydrogen) atoms. The number of benzene rings is 1. The molecule has 3 N–H and O–H groups in total. The lowest BCUT2D eigenvalue weighted by atomic mass is 10.1. The van der Waals surface area contributed by atoms with Gasteiger partial charge < -0.3 is 16.0 Å². The van der Waals surface area contributed by atoms with Gasteiger partial charge in [-0.05, 0) is 61.3 Å². The summed E-state index contributed by atoms with van der Waals surface area (Å²) in [4.78, 5) is 6.67. The maximum Gasteiger partial charge on any atom is 0.0271 e. The molecule has 2 bridgehead atoms. The van der Waals surface area contributed by atoms with Crippen LogP contribution in [0.5, 0.6) is 0 Å². The molecular weight excluding hydrogens is 334 g/mol. The van der Waals surface area contributed by atoms with Crippen LogP contribution in [0.4, 0.5) is 0 Å². The molecule has 2 aliphatic heterocycles. The van der Waals surface area contributed by atoms with Gasteiger partial charge in [-0.2, -0.15) is 0 Å². The fourth-order valence-electron chi connectivity index (χ4n) is 3.41. The Labute approximate surface area is 163 Å². The third-order valence-electron chi connectivity index (χ3n) is 4.93. The van der Waals surface area contributed by atoms with Gasteiger partial charge >= 0.3 is 0 Å². The van der Waals surface area contributed by atoms with Crippen LogP contribution in [0.15, 0.2) is 48.8 Å². The van der Waals surface area contributed by atoms with E-state index in [2.05, 4.69) is 62.2 Å². The predicted molar refractivity (Wildman–Crippen MR) is 111 cm³/mol. The molecule has 0 radical (unpaired) electrons. The van der Waals surface area contributed by atoms with Gasteiger partial charge in [-0.1, -0.05) is 24.3 Å². The minimum absolute atomic E-state index is 0.947. The molecule has 146 valence electrons. The van der Waals surface area contributed by atoms with Crippen LogP contribution in [0.1, 0.15) is 29.5 Å². The van der Waals surface area contributed by atoms with E-state index in [9.17, 15) is 0 Å². The highest BCUT2D eigenvalue weighted by Gasteiger charge is 2.08. The molecule has 0 fully saturated rings. The zero-order chi connectivity index (χ0) is 18.6. The molecule has 4 rings (SSSR count). The first-order valence-electron chi connectivity index (χ1n) is 10.2. The van der Waals surface area contributed by atoms with E-state index in [1.807, 2.05) is 12.4 Å². The summed E-state index contributed by atoms with van der Waals surface area (Å²) in [5.41, 5.74) is 4.06. The average molecular weight is 368 g/mol. The Morgan fingerprint density at radius 3 is 2.19 bits per heavy atom. The predicted octanol–water partition coefficient (Wildman–Crippen LogP) is 2.15. The van der Waals surface area contributed by atoms with Gasteiger partial charge in [0.25, 0.3) is 0 Å². The molecule has 1 aromatic carbocycles. The van der Waals surface area contributed by atoms with Gasteiger partial charge in [0.05, 0.1) is 0 Å². The van der Waals surface area contributed by atoms with E-state index in [0.29, 0.717) is 0 Å². The summed E-state index contributed by atoms with van der Waals surface area (Å²) in [5.74, 6) is 0. The van der Waals surface area contributed by atoms with Gasteiger partial charge in [-0.3, -0.25) is 9.88 Å². The molecule has 0 saturated carbocycles. The van der Waals surface area contributed by atoms with Crippen molar-refractivity contribution < 1.29 is 0 Å². The minimum Gasteiger partial charge on any atom is -0.315 e. The van der Waals surface area contributed by atoms with E-state index < -0.39 is 0 Å². The Hall–Kier alpha value is -1.79. The van der Waals surface area contributed by atoms with Crippen molar-refractivity contribution in [1.82, 2.24) is 25.8 Å². The summed E-state index contributed by atoms with van der Waals surface area (Å²) < 4.78 is 0. The second-order valence-corrected chi connectivity index (χ2v) is 7.27. The molecule has 0 saturated heterocycles. The highest BCUT2D eigenvalue weighted by Crippen LogP contribution is 2.11. The van der Waals surface area contributed by atoms with Crippen molar-refractivity contribution >= 4 is 0 Å². The second kappa shape index (κ2) is 11.8. The molecular formula is C22H33N5. The molecule has 5 nitrogen and oxygen atoms in total. The number of fused-ring (bicyclic) bond motifs is 15. The van der Waals surface area contributed by atoms with Crippen molar-refractivity contribution in [3.05, 3.63) is 65.5 Å². The van der Waals surface area contributed by atoms with Crippen LogP contribution in [-0.4, -0.2) is 49.2 Å². The molecule has 3 heterocycles.